The van der Waals surface area contributed by atoms with Crippen molar-refractivity contribution < 1.29 is 9.53 Å². The smallest absolute Gasteiger partial charge is 0.261 e. The van der Waals surface area contributed by atoms with Gasteiger partial charge in [0.25, 0.3) is 5.91 Å². The fraction of sp³-hybridized carbons (Fsp3) is 0.235. The van der Waals surface area contributed by atoms with Crippen LogP contribution in [0.4, 0.5) is 0 Å². The Labute approximate surface area is 144 Å². The van der Waals surface area contributed by atoms with E-state index in [2.05, 4.69) is 9.98 Å². The first kappa shape index (κ1) is 16.4. The number of benzene rings is 1. The van der Waals surface area contributed by atoms with E-state index in [4.69, 9.17) is 22.1 Å². The zero-order valence-electron chi connectivity index (χ0n) is 13.4. The molecule has 0 spiro atoms. The Morgan fingerprint density at radius 1 is 1.33 bits per heavy atom. The van der Waals surface area contributed by atoms with Gasteiger partial charge in [0.2, 0.25) is 5.88 Å². The van der Waals surface area contributed by atoms with Crippen LogP contribution in [-0.2, 0) is 11.3 Å². The molecule has 0 bridgehead atoms. The number of carbonyl (C=O) groups is 1. The molecule has 1 aliphatic heterocycles. The molecule has 0 saturated carbocycles. The first-order chi connectivity index (χ1) is 11.5. The van der Waals surface area contributed by atoms with Crippen molar-refractivity contribution in [2.24, 2.45) is 10.7 Å². The van der Waals surface area contributed by atoms with Gasteiger partial charge >= 0.3 is 0 Å². The Balaban J connectivity index is 2.22. The Kier molecular flexibility index (Phi) is 4.51. The number of likely N-dealkylation sites (N-methyl/N-ethyl adjacent to an activating group) is 1. The van der Waals surface area contributed by atoms with Crippen molar-refractivity contribution in [1.29, 1.82) is 0 Å². The molecule has 0 fully saturated rings. The summed E-state index contributed by atoms with van der Waals surface area (Å²) in [5.41, 5.74) is 8.79. The molecule has 1 unspecified atom stereocenters. The topological polar surface area (TPSA) is 80.8 Å². The molecule has 1 aliphatic rings. The molecule has 1 amide bonds. The SMILES string of the molecule is COc1cccc(/C2=N/C(N)C(=O)N(C)Cc3ccc(Cl)cc32)n1. The van der Waals surface area contributed by atoms with Gasteiger partial charge in [-0.1, -0.05) is 23.7 Å². The molecular formula is C17H17ClN4O2. The minimum absolute atomic E-state index is 0.254. The van der Waals surface area contributed by atoms with Crippen LogP contribution in [0.15, 0.2) is 41.4 Å². The standard InChI is InChI=1S/C17H17ClN4O2/c1-22-9-10-6-7-11(18)8-12(10)15(21-16(19)17(22)23)13-4-3-5-14(20-13)24-2/h3-8,16H,9,19H2,1-2H3/b21-15+. The van der Waals surface area contributed by atoms with Crippen LogP contribution in [0.1, 0.15) is 16.8 Å². The number of nitrogens with zero attached hydrogens (tertiary/aromatic N) is 3. The third-order valence-electron chi connectivity index (χ3n) is 3.81. The highest BCUT2D eigenvalue weighted by Gasteiger charge is 2.25. The summed E-state index contributed by atoms with van der Waals surface area (Å²) in [5.74, 6) is 0.203. The van der Waals surface area contributed by atoms with E-state index < -0.39 is 6.17 Å². The molecule has 1 atom stereocenters. The summed E-state index contributed by atoms with van der Waals surface area (Å²) in [6.45, 7) is 0.419. The third kappa shape index (κ3) is 3.11. The van der Waals surface area contributed by atoms with E-state index in [1.165, 1.54) is 0 Å². The second-order valence-corrected chi connectivity index (χ2v) is 5.92. The van der Waals surface area contributed by atoms with Crippen LogP contribution in [0.5, 0.6) is 5.88 Å². The number of halogens is 1. The van der Waals surface area contributed by atoms with Gasteiger partial charge in [-0.2, -0.15) is 0 Å². The van der Waals surface area contributed by atoms with Gasteiger partial charge in [0.05, 0.1) is 18.5 Å². The summed E-state index contributed by atoms with van der Waals surface area (Å²) in [6, 6.07) is 10.8. The van der Waals surface area contributed by atoms with Crippen LogP contribution in [-0.4, -0.2) is 41.8 Å². The summed E-state index contributed by atoms with van der Waals surface area (Å²) >= 11 is 6.17. The maximum absolute atomic E-state index is 12.3. The zero-order chi connectivity index (χ0) is 17.3. The number of methoxy groups -OCH3 is 1. The summed E-state index contributed by atoms with van der Waals surface area (Å²) < 4.78 is 5.18. The second-order valence-electron chi connectivity index (χ2n) is 5.48. The molecule has 0 aliphatic carbocycles. The fourth-order valence-corrected chi connectivity index (χ4v) is 2.77. The minimum Gasteiger partial charge on any atom is -0.481 e. The maximum Gasteiger partial charge on any atom is 0.261 e. The molecule has 6 nitrogen and oxygen atoms in total. The first-order valence-electron chi connectivity index (χ1n) is 7.38. The highest BCUT2D eigenvalue weighted by atomic mass is 35.5. The number of pyridine rings is 1. The number of amides is 1. The second kappa shape index (κ2) is 6.59. The van der Waals surface area contributed by atoms with Crippen molar-refractivity contribution in [3.8, 4) is 5.88 Å². The highest BCUT2D eigenvalue weighted by molar-refractivity contribution is 6.31. The molecule has 1 aromatic heterocycles. The van der Waals surface area contributed by atoms with Crippen LogP contribution >= 0.6 is 11.6 Å². The predicted octanol–water partition coefficient (Wildman–Crippen LogP) is 1.84. The number of nitrogens with two attached hydrogens (primary N) is 1. The van der Waals surface area contributed by atoms with E-state index in [0.717, 1.165) is 11.1 Å². The normalized spacial score (nSPS) is 19.8. The number of carbonyl (C=O) groups excluding carboxylic acids is 1. The fourth-order valence-electron chi connectivity index (χ4n) is 2.59. The van der Waals surface area contributed by atoms with Crippen LogP contribution in [0.3, 0.4) is 0 Å². The van der Waals surface area contributed by atoms with Crippen molar-refractivity contribution in [2.75, 3.05) is 14.2 Å². The molecule has 2 heterocycles. The lowest BCUT2D eigenvalue weighted by Gasteiger charge is -2.25. The lowest BCUT2D eigenvalue weighted by molar-refractivity contribution is -0.131. The van der Waals surface area contributed by atoms with E-state index in [1.807, 2.05) is 18.2 Å². The molecule has 24 heavy (non-hydrogen) atoms. The Morgan fingerprint density at radius 2 is 2.12 bits per heavy atom. The summed E-state index contributed by atoms with van der Waals surface area (Å²) in [7, 11) is 3.24. The number of ether oxygens (including phenoxy) is 1. The number of aromatic nitrogens is 1. The maximum atomic E-state index is 12.3. The van der Waals surface area contributed by atoms with E-state index >= 15 is 0 Å². The minimum atomic E-state index is -0.995. The summed E-state index contributed by atoms with van der Waals surface area (Å²) in [6.07, 6.45) is -0.995. The molecule has 0 saturated heterocycles. The van der Waals surface area contributed by atoms with Gasteiger partial charge < -0.3 is 15.4 Å². The Morgan fingerprint density at radius 3 is 2.88 bits per heavy atom. The van der Waals surface area contributed by atoms with Crippen molar-refractivity contribution in [1.82, 2.24) is 9.88 Å². The van der Waals surface area contributed by atoms with Crippen molar-refractivity contribution in [3.05, 3.63) is 58.2 Å². The van der Waals surface area contributed by atoms with Gasteiger partial charge in [0.1, 0.15) is 0 Å². The first-order valence-corrected chi connectivity index (χ1v) is 7.76. The monoisotopic (exact) mass is 344 g/mol. The average Bonchev–Trinajstić information content (AvgIpc) is 2.59. The van der Waals surface area contributed by atoms with Gasteiger partial charge in [-0.25, -0.2) is 4.98 Å². The zero-order valence-corrected chi connectivity index (χ0v) is 14.1. The van der Waals surface area contributed by atoms with Crippen LogP contribution in [0.25, 0.3) is 0 Å². The van der Waals surface area contributed by atoms with E-state index in [1.54, 1.807) is 37.3 Å². The van der Waals surface area contributed by atoms with E-state index in [9.17, 15) is 4.79 Å². The van der Waals surface area contributed by atoms with E-state index in [-0.39, 0.29) is 5.91 Å². The molecule has 3 rings (SSSR count). The number of fused-ring (bicyclic) bond motifs is 1. The van der Waals surface area contributed by atoms with Crippen molar-refractivity contribution in [3.63, 3.8) is 0 Å². The largest absolute Gasteiger partial charge is 0.481 e. The Bertz CT molecular complexity index is 822. The number of rotatable bonds is 2. The van der Waals surface area contributed by atoms with Crippen molar-refractivity contribution >= 4 is 23.2 Å². The predicted molar refractivity (Wildman–Crippen MR) is 92.3 cm³/mol. The molecule has 0 radical (unpaired) electrons. The van der Waals surface area contributed by atoms with Gasteiger partial charge in [-0.15, -0.1) is 0 Å². The van der Waals surface area contributed by atoms with Gasteiger partial charge in [-0.3, -0.25) is 9.79 Å². The number of aliphatic imine (C=N–C) groups is 1. The van der Waals surface area contributed by atoms with Crippen LogP contribution in [0.2, 0.25) is 5.02 Å². The van der Waals surface area contributed by atoms with Crippen LogP contribution < -0.4 is 10.5 Å². The van der Waals surface area contributed by atoms with Crippen molar-refractivity contribution in [2.45, 2.75) is 12.7 Å². The van der Waals surface area contributed by atoms with Gasteiger partial charge in [0, 0.05) is 30.2 Å². The number of hydrogen-bond acceptors (Lipinski definition) is 5. The lowest BCUT2D eigenvalue weighted by atomic mass is 9.98. The summed E-state index contributed by atoms with van der Waals surface area (Å²) in [4.78, 5) is 22.7. The quantitative estimate of drug-likeness (QED) is 0.901. The lowest BCUT2D eigenvalue weighted by Crippen LogP contribution is -2.42. The van der Waals surface area contributed by atoms with Gasteiger partial charge in [-0.05, 0) is 23.8 Å². The highest BCUT2D eigenvalue weighted by Crippen LogP contribution is 2.24. The molecule has 7 heteroatoms. The summed E-state index contributed by atoms with van der Waals surface area (Å²) in [5, 5.41) is 0.576. The third-order valence-corrected chi connectivity index (χ3v) is 4.04. The molecule has 1 aromatic carbocycles. The number of hydrogen-bond donors (Lipinski definition) is 1. The van der Waals surface area contributed by atoms with Crippen LogP contribution in [0, 0.1) is 0 Å². The van der Waals surface area contributed by atoms with Gasteiger partial charge in [0.15, 0.2) is 6.17 Å². The molecular weight excluding hydrogens is 328 g/mol. The molecule has 124 valence electrons. The molecule has 2 aromatic rings. The Hall–Kier alpha value is -2.44. The average molecular weight is 345 g/mol. The van der Waals surface area contributed by atoms with E-state index in [0.29, 0.717) is 28.9 Å². The molecule has 2 N–H and O–H groups in total.